The predicted octanol–water partition coefficient (Wildman–Crippen LogP) is 6.43. The number of thiazole rings is 1. The fraction of sp³-hybridized carbons (Fsp3) is 0.645. The molecule has 1 fully saturated rings. The van der Waals surface area contributed by atoms with Crippen molar-refractivity contribution >= 4 is 23.2 Å². The van der Waals surface area contributed by atoms with E-state index in [2.05, 4.69) is 39.6 Å². The van der Waals surface area contributed by atoms with Gasteiger partial charge in [-0.25, -0.2) is 9.78 Å². The number of amides is 1. The normalized spacial score (nSPS) is 21.6. The molecule has 0 spiro atoms. The van der Waals surface area contributed by atoms with Crippen LogP contribution in [0.1, 0.15) is 95.1 Å². The highest BCUT2D eigenvalue weighted by Crippen LogP contribution is 2.53. The fourth-order valence-corrected chi connectivity index (χ4v) is 6.66. The first-order valence-corrected chi connectivity index (χ1v) is 14.6. The van der Waals surface area contributed by atoms with Crippen LogP contribution in [0.15, 0.2) is 24.4 Å². The molecule has 0 bridgehead atoms. The molecule has 0 unspecified atom stereocenters. The van der Waals surface area contributed by atoms with E-state index in [1.54, 1.807) is 38.5 Å². The number of ether oxygens (including phenoxy) is 4. The van der Waals surface area contributed by atoms with Gasteiger partial charge in [-0.05, 0) is 62.6 Å². The molecule has 0 saturated carbocycles. The Morgan fingerprint density at radius 1 is 1.10 bits per heavy atom. The fourth-order valence-electron chi connectivity index (χ4n) is 5.74. The number of likely N-dealkylation sites (tertiary alicyclic amines) is 1. The van der Waals surface area contributed by atoms with Crippen molar-refractivity contribution in [1.29, 1.82) is 0 Å². The molecule has 1 aromatic heterocycles. The van der Waals surface area contributed by atoms with Gasteiger partial charge in [0.05, 0.1) is 31.7 Å². The van der Waals surface area contributed by atoms with E-state index in [9.17, 15) is 9.59 Å². The van der Waals surface area contributed by atoms with Gasteiger partial charge in [-0.15, -0.1) is 0 Å². The van der Waals surface area contributed by atoms with Crippen molar-refractivity contribution in [2.75, 3.05) is 27.9 Å². The van der Waals surface area contributed by atoms with Crippen LogP contribution in [0.5, 0.6) is 10.9 Å². The highest BCUT2D eigenvalue weighted by molar-refractivity contribution is 7.13. The topological polar surface area (TPSA) is 87.2 Å². The summed E-state index contributed by atoms with van der Waals surface area (Å²) in [7, 11) is 4.82. The minimum Gasteiger partial charge on any atom is -0.496 e. The lowest BCUT2D eigenvalue weighted by Crippen LogP contribution is -2.56. The quantitative estimate of drug-likeness (QED) is 0.319. The smallest absolute Gasteiger partial charge is 0.332 e. The maximum absolute atomic E-state index is 14.7. The molecular formula is C31H46N2O6S. The van der Waals surface area contributed by atoms with Crippen LogP contribution in [-0.2, 0) is 19.7 Å². The van der Waals surface area contributed by atoms with Crippen LogP contribution >= 0.6 is 11.3 Å². The molecule has 3 rings (SSSR count). The molecule has 2 aromatic rings. The zero-order valence-electron chi connectivity index (χ0n) is 25.9. The van der Waals surface area contributed by atoms with Gasteiger partial charge in [0.25, 0.3) is 11.1 Å². The molecule has 8 nitrogen and oxygen atoms in total. The number of hydrogen-bond donors (Lipinski definition) is 0. The largest absolute Gasteiger partial charge is 0.496 e. The Morgan fingerprint density at radius 3 is 2.27 bits per heavy atom. The van der Waals surface area contributed by atoms with Gasteiger partial charge >= 0.3 is 5.97 Å². The molecule has 1 aliphatic rings. The van der Waals surface area contributed by atoms with Crippen molar-refractivity contribution < 1.29 is 28.5 Å². The van der Waals surface area contributed by atoms with E-state index >= 15 is 0 Å². The van der Waals surface area contributed by atoms with Gasteiger partial charge in [0.15, 0.2) is 0 Å². The Bertz CT molecular complexity index is 1200. The van der Waals surface area contributed by atoms with Crippen molar-refractivity contribution in [2.24, 2.45) is 11.8 Å². The second kappa shape index (κ2) is 12.1. The Balaban J connectivity index is 2.29. The molecule has 222 valence electrons. The summed E-state index contributed by atoms with van der Waals surface area (Å²) in [4.78, 5) is 36.0. The Morgan fingerprint density at radius 2 is 1.77 bits per heavy atom. The number of carbonyl (C=O) groups is 2. The standard InChI is InChI=1S/C31H46N2O6S/c1-19(2)15-31(27(35)39-30(6,7)8)16-21(18-36-9)25(24-17-32-28(38-11)40-24)33(31)26(34)20-12-13-22(29(3,4)5)23(14-20)37-10/h12-14,17,19,21,25H,15-16,18H2,1-11H3/t21-,25-,31+/m1/s1. The third-order valence-corrected chi connectivity index (χ3v) is 8.16. The minimum atomic E-state index is -1.21. The number of methoxy groups -OCH3 is 3. The Labute approximate surface area is 243 Å². The molecular weight excluding hydrogens is 528 g/mol. The summed E-state index contributed by atoms with van der Waals surface area (Å²) >= 11 is 1.37. The van der Waals surface area contributed by atoms with E-state index in [1.807, 2.05) is 32.9 Å². The summed E-state index contributed by atoms with van der Waals surface area (Å²) in [5.74, 6) is -0.0879. The van der Waals surface area contributed by atoms with Crippen molar-refractivity contribution in [3.8, 4) is 10.9 Å². The number of rotatable bonds is 9. The summed E-state index contributed by atoms with van der Waals surface area (Å²) in [6.45, 7) is 16.3. The summed E-state index contributed by atoms with van der Waals surface area (Å²) in [6, 6.07) is 5.09. The van der Waals surface area contributed by atoms with E-state index in [4.69, 9.17) is 18.9 Å². The molecule has 1 aliphatic heterocycles. The monoisotopic (exact) mass is 574 g/mol. The predicted molar refractivity (Wildman–Crippen MR) is 157 cm³/mol. The highest BCUT2D eigenvalue weighted by atomic mass is 32.1. The van der Waals surface area contributed by atoms with Crippen LogP contribution < -0.4 is 9.47 Å². The summed E-state index contributed by atoms with van der Waals surface area (Å²) in [5.41, 5.74) is -0.671. The lowest BCUT2D eigenvalue weighted by Gasteiger charge is -2.41. The zero-order valence-corrected chi connectivity index (χ0v) is 26.7. The van der Waals surface area contributed by atoms with E-state index in [0.29, 0.717) is 36.0 Å². The van der Waals surface area contributed by atoms with Crippen molar-refractivity contribution in [3.63, 3.8) is 0 Å². The lowest BCUT2D eigenvalue weighted by atomic mass is 9.83. The summed E-state index contributed by atoms with van der Waals surface area (Å²) in [6.07, 6.45) is 2.58. The van der Waals surface area contributed by atoms with E-state index in [-0.39, 0.29) is 23.2 Å². The molecule has 0 N–H and O–H groups in total. The SMILES string of the molecule is COC[C@H]1C[C@@](CC(C)C)(C(=O)OC(C)(C)C)N(C(=O)c2ccc(C(C)(C)C)c(OC)c2)[C@H]1c1cnc(OC)s1. The van der Waals surface area contributed by atoms with E-state index in [1.165, 1.54) is 11.3 Å². The molecule has 1 aromatic carbocycles. The first-order valence-electron chi connectivity index (χ1n) is 13.8. The van der Waals surface area contributed by atoms with Gasteiger partial charge in [-0.1, -0.05) is 52.0 Å². The molecule has 1 saturated heterocycles. The van der Waals surface area contributed by atoms with Gasteiger partial charge in [0.1, 0.15) is 16.9 Å². The van der Waals surface area contributed by atoms with Crippen LogP contribution in [0.3, 0.4) is 0 Å². The highest BCUT2D eigenvalue weighted by Gasteiger charge is 2.60. The van der Waals surface area contributed by atoms with Gasteiger partial charge in [-0.2, -0.15) is 0 Å². The second-order valence-electron chi connectivity index (χ2n) is 13.1. The summed E-state index contributed by atoms with van der Waals surface area (Å²) in [5, 5.41) is 0.494. The lowest BCUT2D eigenvalue weighted by molar-refractivity contribution is -0.168. The minimum absolute atomic E-state index is 0.110. The van der Waals surface area contributed by atoms with Gasteiger partial charge in [0.2, 0.25) is 0 Å². The van der Waals surface area contributed by atoms with Crippen molar-refractivity contribution in [2.45, 2.75) is 90.8 Å². The van der Waals surface area contributed by atoms with Crippen LogP contribution in [0, 0.1) is 11.8 Å². The molecule has 3 atom stereocenters. The molecule has 40 heavy (non-hydrogen) atoms. The second-order valence-corrected chi connectivity index (χ2v) is 14.1. The Hall–Kier alpha value is -2.65. The van der Waals surface area contributed by atoms with E-state index < -0.39 is 23.2 Å². The van der Waals surface area contributed by atoms with Crippen LogP contribution in [0.2, 0.25) is 0 Å². The first kappa shape index (κ1) is 31.9. The molecule has 0 aliphatic carbocycles. The third kappa shape index (κ3) is 6.62. The third-order valence-electron chi connectivity index (χ3n) is 7.14. The van der Waals surface area contributed by atoms with Gasteiger partial charge in [0, 0.05) is 24.8 Å². The Kier molecular flexibility index (Phi) is 9.62. The van der Waals surface area contributed by atoms with Crippen LogP contribution in [0.4, 0.5) is 0 Å². The average Bonchev–Trinajstić information content (AvgIpc) is 3.44. The number of hydrogen-bond acceptors (Lipinski definition) is 8. The molecule has 1 amide bonds. The maximum atomic E-state index is 14.7. The average molecular weight is 575 g/mol. The number of nitrogens with zero attached hydrogens (tertiary/aromatic N) is 2. The van der Waals surface area contributed by atoms with Crippen molar-refractivity contribution in [3.05, 3.63) is 40.4 Å². The van der Waals surface area contributed by atoms with Crippen molar-refractivity contribution in [1.82, 2.24) is 9.88 Å². The summed E-state index contributed by atoms with van der Waals surface area (Å²) < 4.78 is 22.8. The molecule has 0 radical (unpaired) electrons. The zero-order chi connectivity index (χ0) is 30.0. The molecule has 9 heteroatoms. The number of esters is 1. The molecule has 2 heterocycles. The number of aromatic nitrogens is 1. The first-order chi connectivity index (χ1) is 18.6. The van der Waals surface area contributed by atoms with Gasteiger partial charge < -0.3 is 23.8 Å². The number of carbonyl (C=O) groups excluding carboxylic acids is 2. The maximum Gasteiger partial charge on any atom is 0.332 e. The van der Waals surface area contributed by atoms with E-state index in [0.717, 1.165) is 10.4 Å². The number of benzene rings is 1. The van der Waals surface area contributed by atoms with Crippen LogP contribution in [0.25, 0.3) is 0 Å². The van der Waals surface area contributed by atoms with Crippen LogP contribution in [-0.4, -0.2) is 60.8 Å². The van der Waals surface area contributed by atoms with Gasteiger partial charge in [-0.3, -0.25) is 4.79 Å².